The molecule has 0 saturated heterocycles. The second-order valence-electron chi connectivity index (χ2n) is 2.94. The molecule has 3 nitrogen and oxygen atoms in total. The number of carboxylic acids is 1. The summed E-state index contributed by atoms with van der Waals surface area (Å²) in [6.07, 6.45) is -4.59. The van der Waals surface area contributed by atoms with E-state index in [4.69, 9.17) is 5.11 Å². The van der Waals surface area contributed by atoms with Gasteiger partial charge in [-0.05, 0) is 18.2 Å². The summed E-state index contributed by atoms with van der Waals surface area (Å²) < 4.78 is 49.7. The lowest BCUT2D eigenvalue weighted by molar-refractivity contribution is -0.137. The average molecular weight is 237 g/mol. The smallest absolute Gasteiger partial charge is 0.416 e. The van der Waals surface area contributed by atoms with Crippen LogP contribution in [0.2, 0.25) is 0 Å². The van der Waals surface area contributed by atoms with Crippen molar-refractivity contribution in [3.63, 3.8) is 0 Å². The van der Waals surface area contributed by atoms with Crippen molar-refractivity contribution in [3.8, 4) is 0 Å². The van der Waals surface area contributed by atoms with Gasteiger partial charge in [0.1, 0.15) is 12.4 Å². The van der Waals surface area contributed by atoms with E-state index in [-0.39, 0.29) is 0 Å². The topological polar surface area (TPSA) is 49.3 Å². The summed E-state index contributed by atoms with van der Waals surface area (Å²) >= 11 is 0. The van der Waals surface area contributed by atoms with E-state index >= 15 is 0 Å². The molecule has 0 fully saturated rings. The highest BCUT2D eigenvalue weighted by Crippen LogP contribution is 2.31. The number of rotatable bonds is 3. The molecule has 0 unspecified atom stereocenters. The van der Waals surface area contributed by atoms with Gasteiger partial charge in [-0.3, -0.25) is 4.79 Å². The van der Waals surface area contributed by atoms with Crippen LogP contribution in [0.15, 0.2) is 18.2 Å². The van der Waals surface area contributed by atoms with Crippen molar-refractivity contribution in [2.75, 3.05) is 11.9 Å². The first kappa shape index (κ1) is 12.3. The molecule has 0 spiro atoms. The Labute approximate surface area is 87.7 Å². The molecular formula is C9H7F4NO2. The van der Waals surface area contributed by atoms with E-state index in [2.05, 4.69) is 5.32 Å². The van der Waals surface area contributed by atoms with Gasteiger partial charge in [0, 0.05) is 0 Å². The van der Waals surface area contributed by atoms with Crippen molar-refractivity contribution in [1.82, 2.24) is 0 Å². The van der Waals surface area contributed by atoms with Crippen LogP contribution >= 0.6 is 0 Å². The van der Waals surface area contributed by atoms with E-state index in [1.54, 1.807) is 0 Å². The van der Waals surface area contributed by atoms with E-state index in [1.807, 2.05) is 0 Å². The van der Waals surface area contributed by atoms with Crippen molar-refractivity contribution in [1.29, 1.82) is 0 Å². The van der Waals surface area contributed by atoms with Crippen LogP contribution in [0.5, 0.6) is 0 Å². The van der Waals surface area contributed by atoms with E-state index in [1.165, 1.54) is 0 Å². The minimum Gasteiger partial charge on any atom is -0.480 e. The SMILES string of the molecule is O=C(O)CNc1cc(C(F)(F)F)ccc1F. The number of hydrogen-bond donors (Lipinski definition) is 2. The maximum Gasteiger partial charge on any atom is 0.416 e. The van der Waals surface area contributed by atoms with E-state index < -0.39 is 35.8 Å². The Morgan fingerprint density at radius 2 is 2.00 bits per heavy atom. The molecule has 0 saturated carbocycles. The molecule has 0 aromatic heterocycles. The third-order valence-corrected chi connectivity index (χ3v) is 1.72. The van der Waals surface area contributed by atoms with Crippen molar-refractivity contribution in [2.24, 2.45) is 0 Å². The molecule has 1 aromatic rings. The lowest BCUT2D eigenvalue weighted by Gasteiger charge is -2.10. The van der Waals surface area contributed by atoms with Crippen molar-refractivity contribution >= 4 is 11.7 Å². The molecule has 1 rings (SSSR count). The first-order valence-corrected chi connectivity index (χ1v) is 4.13. The molecule has 1 aromatic carbocycles. The number of nitrogens with one attached hydrogen (secondary N) is 1. The van der Waals surface area contributed by atoms with Crippen LogP contribution in [0.1, 0.15) is 5.56 Å². The van der Waals surface area contributed by atoms with Gasteiger partial charge in [-0.1, -0.05) is 0 Å². The standard InChI is InChI=1S/C9H7F4NO2/c10-6-2-1-5(9(11,12)13)3-7(6)14-4-8(15)16/h1-3,14H,4H2,(H,15,16). The van der Waals surface area contributed by atoms with Gasteiger partial charge in [-0.2, -0.15) is 13.2 Å². The first-order chi connectivity index (χ1) is 7.30. The number of alkyl halides is 3. The third kappa shape index (κ3) is 3.11. The molecule has 0 bridgehead atoms. The highest BCUT2D eigenvalue weighted by Gasteiger charge is 2.31. The Kier molecular flexibility index (Phi) is 3.36. The van der Waals surface area contributed by atoms with Crippen LogP contribution in [-0.2, 0) is 11.0 Å². The zero-order chi connectivity index (χ0) is 12.3. The predicted molar refractivity (Wildman–Crippen MR) is 47.5 cm³/mol. The number of carboxylic acid groups (broad SMARTS) is 1. The Hall–Kier alpha value is -1.79. The van der Waals surface area contributed by atoms with Crippen LogP contribution in [0, 0.1) is 5.82 Å². The maximum absolute atomic E-state index is 13.0. The summed E-state index contributed by atoms with van der Waals surface area (Å²) in [6.45, 7) is -0.655. The first-order valence-electron chi connectivity index (χ1n) is 4.13. The number of halogens is 4. The van der Waals surface area contributed by atoms with Gasteiger partial charge in [0.2, 0.25) is 0 Å². The quantitative estimate of drug-likeness (QED) is 0.793. The van der Waals surface area contributed by atoms with E-state index in [0.717, 1.165) is 0 Å². The number of carbonyl (C=O) groups is 1. The zero-order valence-electron chi connectivity index (χ0n) is 7.81. The minimum absolute atomic E-state index is 0.489. The molecule has 16 heavy (non-hydrogen) atoms. The maximum atomic E-state index is 13.0. The van der Waals surface area contributed by atoms with E-state index in [0.29, 0.717) is 18.2 Å². The molecule has 0 aliphatic heterocycles. The third-order valence-electron chi connectivity index (χ3n) is 1.72. The van der Waals surface area contributed by atoms with E-state index in [9.17, 15) is 22.4 Å². The highest BCUT2D eigenvalue weighted by atomic mass is 19.4. The highest BCUT2D eigenvalue weighted by molar-refractivity contribution is 5.72. The molecule has 0 aliphatic carbocycles. The summed E-state index contributed by atoms with van der Waals surface area (Å²) in [6, 6.07) is 1.74. The van der Waals surface area contributed by atoms with Gasteiger partial charge in [0.15, 0.2) is 0 Å². The molecular weight excluding hydrogens is 230 g/mol. The van der Waals surface area contributed by atoms with Gasteiger partial charge in [-0.25, -0.2) is 4.39 Å². The molecule has 0 atom stereocenters. The van der Waals surface area contributed by atoms with Crippen LogP contribution in [0.4, 0.5) is 23.2 Å². The summed E-state index contributed by atoms with van der Waals surface area (Å²) in [5.74, 6) is -2.23. The number of aliphatic carboxylic acids is 1. The Bertz CT molecular complexity index is 403. The average Bonchev–Trinajstić information content (AvgIpc) is 2.14. The van der Waals surface area contributed by atoms with Crippen molar-refractivity contribution in [2.45, 2.75) is 6.18 Å². The van der Waals surface area contributed by atoms with Crippen LogP contribution in [0.3, 0.4) is 0 Å². The summed E-state index contributed by atoms with van der Waals surface area (Å²) in [4.78, 5) is 10.2. The Balaban J connectivity index is 2.95. The van der Waals surface area contributed by atoms with Gasteiger partial charge < -0.3 is 10.4 Å². The molecule has 0 aliphatic rings. The molecule has 2 N–H and O–H groups in total. The molecule has 88 valence electrons. The molecule has 7 heteroatoms. The second-order valence-corrected chi connectivity index (χ2v) is 2.94. The summed E-state index contributed by atoms with van der Waals surface area (Å²) in [5, 5.41) is 10.3. The lowest BCUT2D eigenvalue weighted by Crippen LogP contribution is -2.14. The second kappa shape index (κ2) is 4.38. The lowest BCUT2D eigenvalue weighted by atomic mass is 10.2. The molecule has 0 amide bonds. The summed E-state index contributed by atoms with van der Waals surface area (Å²) in [5.41, 5.74) is -1.53. The number of benzene rings is 1. The predicted octanol–water partition coefficient (Wildman–Crippen LogP) is 2.34. The van der Waals surface area contributed by atoms with Gasteiger partial charge in [-0.15, -0.1) is 0 Å². The summed E-state index contributed by atoms with van der Waals surface area (Å²) in [7, 11) is 0. The minimum atomic E-state index is -4.59. The fourth-order valence-corrected chi connectivity index (χ4v) is 1.01. The monoisotopic (exact) mass is 237 g/mol. The van der Waals surface area contributed by atoms with Crippen molar-refractivity contribution < 1.29 is 27.5 Å². The number of hydrogen-bond acceptors (Lipinski definition) is 2. The van der Waals surface area contributed by atoms with Crippen LogP contribution < -0.4 is 5.32 Å². The van der Waals surface area contributed by atoms with Crippen molar-refractivity contribution in [3.05, 3.63) is 29.6 Å². The van der Waals surface area contributed by atoms with Gasteiger partial charge >= 0.3 is 12.1 Å². The van der Waals surface area contributed by atoms with Gasteiger partial charge in [0.05, 0.1) is 11.3 Å². The molecule has 0 radical (unpaired) electrons. The fourth-order valence-electron chi connectivity index (χ4n) is 1.01. The number of anilines is 1. The Morgan fingerprint density at radius 1 is 1.38 bits per heavy atom. The largest absolute Gasteiger partial charge is 0.480 e. The Morgan fingerprint density at radius 3 is 2.50 bits per heavy atom. The van der Waals surface area contributed by atoms with Gasteiger partial charge in [0.25, 0.3) is 0 Å². The molecule has 0 heterocycles. The van der Waals surface area contributed by atoms with Crippen LogP contribution in [0.25, 0.3) is 0 Å². The zero-order valence-corrected chi connectivity index (χ0v) is 7.81. The normalized spacial score (nSPS) is 11.2. The van der Waals surface area contributed by atoms with Crippen LogP contribution in [-0.4, -0.2) is 17.6 Å². The fraction of sp³-hybridized carbons (Fsp3) is 0.222.